The van der Waals surface area contributed by atoms with Gasteiger partial charge < -0.3 is 19.9 Å². The van der Waals surface area contributed by atoms with E-state index >= 15 is 0 Å². The Labute approximate surface area is 230 Å². The lowest BCUT2D eigenvalue weighted by Crippen LogP contribution is -2.46. The van der Waals surface area contributed by atoms with Crippen molar-refractivity contribution in [2.45, 2.75) is 57.6 Å². The summed E-state index contributed by atoms with van der Waals surface area (Å²) in [5.41, 5.74) is 2.21. The molecule has 2 heterocycles. The van der Waals surface area contributed by atoms with Crippen LogP contribution in [0.2, 0.25) is 0 Å². The summed E-state index contributed by atoms with van der Waals surface area (Å²) >= 11 is 1.48. The second-order valence-corrected chi connectivity index (χ2v) is 11.2. The van der Waals surface area contributed by atoms with Crippen LogP contribution in [0, 0.1) is 17.1 Å². The third-order valence-corrected chi connectivity index (χ3v) is 7.13. The largest absolute Gasteiger partial charge is 0.444 e. The normalized spacial score (nSPS) is 18.9. The van der Waals surface area contributed by atoms with E-state index in [4.69, 9.17) is 14.7 Å². The molecule has 10 heteroatoms. The van der Waals surface area contributed by atoms with E-state index in [1.807, 2.05) is 30.3 Å². The predicted octanol–water partition coefficient (Wildman–Crippen LogP) is 5.24. The van der Waals surface area contributed by atoms with Gasteiger partial charge in [0.2, 0.25) is 0 Å². The van der Waals surface area contributed by atoms with Crippen LogP contribution in [0.3, 0.4) is 0 Å². The van der Waals surface area contributed by atoms with Gasteiger partial charge in [-0.05, 0) is 62.1 Å². The molecule has 8 nitrogen and oxygen atoms in total. The van der Waals surface area contributed by atoms with Crippen LogP contribution in [-0.4, -0.2) is 52.6 Å². The molecular weight excluding hydrogens is 521 g/mol. The van der Waals surface area contributed by atoms with Crippen molar-refractivity contribution in [2.24, 2.45) is 0 Å². The molecule has 204 valence electrons. The zero-order valence-corrected chi connectivity index (χ0v) is 22.7. The van der Waals surface area contributed by atoms with Crippen molar-refractivity contribution >= 4 is 23.5 Å². The summed E-state index contributed by atoms with van der Waals surface area (Å²) in [6.45, 7) is 5.23. The van der Waals surface area contributed by atoms with Crippen LogP contribution in [-0.2, 0) is 22.4 Å². The molecule has 0 unspecified atom stereocenters. The number of halogens is 1. The number of benzene rings is 2. The summed E-state index contributed by atoms with van der Waals surface area (Å²) in [6, 6.07) is 16.7. The standard InChI is InChI=1S/C29H30FN3O5S/c1-29(2,3)38-28(36)33-16-24(34)26(37-27(35)32-15-19-5-4-6-22(30)11-19)23(33)12-18-7-9-21(10-8-18)25-13-20(14-31)17-39-25/h4-11,13,17,23-24,26,34H,12,15-16H2,1-3H3,(H,32,35)/t23-,24+,26+/m1/s1. The number of hydrogen-bond acceptors (Lipinski definition) is 7. The van der Waals surface area contributed by atoms with E-state index in [9.17, 15) is 19.1 Å². The number of aliphatic hydroxyl groups excluding tert-OH is 1. The lowest BCUT2D eigenvalue weighted by Gasteiger charge is -2.30. The highest BCUT2D eigenvalue weighted by Crippen LogP contribution is 2.30. The topological polar surface area (TPSA) is 112 Å². The van der Waals surface area contributed by atoms with Gasteiger partial charge in [0.05, 0.1) is 18.2 Å². The molecule has 2 N–H and O–H groups in total. The second-order valence-electron chi connectivity index (χ2n) is 10.3. The van der Waals surface area contributed by atoms with Crippen molar-refractivity contribution in [3.05, 3.63) is 82.5 Å². The molecule has 0 spiro atoms. The number of carbonyl (C=O) groups excluding carboxylic acids is 2. The van der Waals surface area contributed by atoms with Gasteiger partial charge in [0.1, 0.15) is 23.6 Å². The van der Waals surface area contributed by atoms with Gasteiger partial charge in [-0.1, -0.05) is 36.4 Å². The number of hydrogen-bond donors (Lipinski definition) is 2. The minimum Gasteiger partial charge on any atom is -0.444 e. The van der Waals surface area contributed by atoms with Gasteiger partial charge in [-0.15, -0.1) is 11.3 Å². The maximum absolute atomic E-state index is 13.5. The van der Waals surface area contributed by atoms with Crippen molar-refractivity contribution in [1.82, 2.24) is 10.2 Å². The smallest absolute Gasteiger partial charge is 0.410 e. The first-order valence-corrected chi connectivity index (χ1v) is 13.3. The van der Waals surface area contributed by atoms with Crippen molar-refractivity contribution in [1.29, 1.82) is 5.26 Å². The van der Waals surface area contributed by atoms with Gasteiger partial charge in [-0.3, -0.25) is 4.90 Å². The molecule has 2 aromatic carbocycles. The number of nitrogens with one attached hydrogen (secondary N) is 1. The Kier molecular flexibility index (Phi) is 8.53. The maximum Gasteiger partial charge on any atom is 0.410 e. The lowest BCUT2D eigenvalue weighted by molar-refractivity contribution is 0.00589. The number of β-amino-alcohol motifs (C(OH)–C–C–N with tert-alkyl or cyclic N) is 1. The minimum absolute atomic E-state index is 0.0392. The highest BCUT2D eigenvalue weighted by Gasteiger charge is 2.47. The van der Waals surface area contributed by atoms with Crippen LogP contribution in [0.1, 0.15) is 37.5 Å². The monoisotopic (exact) mass is 551 g/mol. The Morgan fingerprint density at radius 1 is 1.18 bits per heavy atom. The molecule has 0 aliphatic carbocycles. The molecule has 1 fully saturated rings. The number of nitriles is 1. The van der Waals surface area contributed by atoms with Crippen molar-refractivity contribution < 1.29 is 28.6 Å². The number of thiophene rings is 1. The van der Waals surface area contributed by atoms with Crippen molar-refractivity contribution in [2.75, 3.05) is 6.54 Å². The average Bonchev–Trinajstić information content (AvgIpc) is 3.48. The first-order valence-electron chi connectivity index (χ1n) is 12.5. The molecule has 4 rings (SSSR count). The fourth-order valence-electron chi connectivity index (χ4n) is 4.37. The second kappa shape index (κ2) is 11.8. The molecule has 1 aromatic heterocycles. The van der Waals surface area contributed by atoms with Gasteiger partial charge in [0.15, 0.2) is 6.10 Å². The Balaban J connectivity index is 1.50. The molecule has 2 amide bonds. The number of alkyl carbamates (subject to hydrolysis) is 1. The van der Waals surface area contributed by atoms with Crippen LogP contribution < -0.4 is 5.32 Å². The fourth-order valence-corrected chi connectivity index (χ4v) is 5.21. The number of likely N-dealkylation sites (tertiary alicyclic amines) is 1. The van der Waals surface area contributed by atoms with Crippen molar-refractivity contribution in [3.63, 3.8) is 0 Å². The molecule has 1 saturated heterocycles. The van der Waals surface area contributed by atoms with Crippen LogP contribution in [0.15, 0.2) is 60.0 Å². The van der Waals surface area contributed by atoms with E-state index in [0.29, 0.717) is 17.5 Å². The molecule has 3 atom stereocenters. The molecule has 3 aromatic rings. The first kappa shape index (κ1) is 28.1. The predicted molar refractivity (Wildman–Crippen MR) is 144 cm³/mol. The summed E-state index contributed by atoms with van der Waals surface area (Å²) in [5, 5.41) is 24.3. The quantitative estimate of drug-likeness (QED) is 0.433. The lowest BCUT2D eigenvalue weighted by atomic mass is 9.99. The Morgan fingerprint density at radius 2 is 1.92 bits per heavy atom. The van der Waals surface area contributed by atoms with Gasteiger partial charge in [0, 0.05) is 16.8 Å². The summed E-state index contributed by atoms with van der Waals surface area (Å²) < 4.78 is 24.6. The van der Waals surface area contributed by atoms with Crippen LogP contribution in [0.5, 0.6) is 0 Å². The number of rotatable bonds is 6. The zero-order chi connectivity index (χ0) is 28.2. The molecular formula is C29H30FN3O5S. The highest BCUT2D eigenvalue weighted by molar-refractivity contribution is 7.13. The molecule has 39 heavy (non-hydrogen) atoms. The third kappa shape index (κ3) is 7.34. The minimum atomic E-state index is -1.13. The average molecular weight is 552 g/mol. The fraction of sp³-hybridized carbons (Fsp3) is 0.345. The third-order valence-electron chi connectivity index (χ3n) is 6.15. The zero-order valence-electron chi connectivity index (χ0n) is 21.9. The molecule has 0 radical (unpaired) electrons. The molecule has 1 aliphatic heterocycles. The van der Waals surface area contributed by atoms with E-state index in [-0.39, 0.29) is 13.1 Å². The van der Waals surface area contributed by atoms with Crippen LogP contribution in [0.25, 0.3) is 10.4 Å². The summed E-state index contributed by atoms with van der Waals surface area (Å²) in [5.74, 6) is -0.419. The molecule has 1 aliphatic rings. The van der Waals surface area contributed by atoms with E-state index < -0.39 is 41.9 Å². The number of aliphatic hydroxyl groups is 1. The number of nitrogens with zero attached hydrogens (tertiary/aromatic N) is 2. The van der Waals surface area contributed by atoms with Gasteiger partial charge in [-0.25, -0.2) is 14.0 Å². The summed E-state index contributed by atoms with van der Waals surface area (Å²) in [7, 11) is 0. The SMILES string of the molecule is CC(C)(C)OC(=O)N1C[C@H](O)[C@@H](OC(=O)NCc2cccc(F)c2)[C@H]1Cc1ccc(-c2cc(C#N)cs2)cc1. The molecule has 0 bridgehead atoms. The van der Waals surface area contributed by atoms with Crippen LogP contribution in [0.4, 0.5) is 14.0 Å². The molecule has 0 saturated carbocycles. The number of amides is 2. The summed E-state index contributed by atoms with van der Waals surface area (Å²) in [4.78, 5) is 28.0. The van der Waals surface area contributed by atoms with Gasteiger partial charge >= 0.3 is 12.2 Å². The highest BCUT2D eigenvalue weighted by atomic mass is 32.1. The summed E-state index contributed by atoms with van der Waals surface area (Å²) in [6.07, 6.45) is -3.25. The van der Waals surface area contributed by atoms with E-state index in [1.54, 1.807) is 38.3 Å². The van der Waals surface area contributed by atoms with Gasteiger partial charge in [-0.2, -0.15) is 5.26 Å². The number of carbonyl (C=O) groups is 2. The Morgan fingerprint density at radius 3 is 2.56 bits per heavy atom. The Hall–Kier alpha value is -3.94. The van der Waals surface area contributed by atoms with Crippen molar-refractivity contribution in [3.8, 4) is 16.5 Å². The first-order chi connectivity index (χ1) is 18.5. The van der Waals surface area contributed by atoms with Gasteiger partial charge in [0.25, 0.3) is 0 Å². The van der Waals surface area contributed by atoms with E-state index in [0.717, 1.165) is 16.0 Å². The Bertz CT molecular complexity index is 1360. The number of ether oxygens (including phenoxy) is 2. The maximum atomic E-state index is 13.5. The van der Waals surface area contributed by atoms with Crippen LogP contribution >= 0.6 is 11.3 Å². The van der Waals surface area contributed by atoms with E-state index in [1.165, 1.54) is 28.4 Å². The van der Waals surface area contributed by atoms with E-state index in [2.05, 4.69) is 11.4 Å².